The van der Waals surface area contributed by atoms with Crippen LogP contribution in [0.4, 0.5) is 4.39 Å². The number of hydrogen-bond acceptors (Lipinski definition) is 4. The first-order valence-electron chi connectivity index (χ1n) is 7.05. The average Bonchev–Trinajstić information content (AvgIpc) is 2.55. The Labute approximate surface area is 137 Å². The van der Waals surface area contributed by atoms with E-state index in [0.29, 0.717) is 5.56 Å². The van der Waals surface area contributed by atoms with Crippen LogP contribution in [0.1, 0.15) is 5.56 Å². The fourth-order valence-electron chi connectivity index (χ4n) is 1.97. The van der Waals surface area contributed by atoms with Crippen LogP contribution in [0.2, 0.25) is 0 Å². The van der Waals surface area contributed by atoms with Crippen molar-refractivity contribution in [3.05, 3.63) is 64.3 Å². The van der Waals surface area contributed by atoms with Crippen LogP contribution in [0, 0.1) is 5.82 Å². The monoisotopic (exact) mass is 333 g/mol. The maximum Gasteiger partial charge on any atom is 0.258 e. The molecule has 0 bridgehead atoms. The van der Waals surface area contributed by atoms with Crippen molar-refractivity contribution in [3.8, 4) is 5.75 Å². The molecule has 0 fully saturated rings. The number of aromatic nitrogens is 1. The fourth-order valence-corrected chi connectivity index (χ4v) is 1.97. The van der Waals surface area contributed by atoms with Gasteiger partial charge in [0.1, 0.15) is 6.54 Å². The van der Waals surface area contributed by atoms with E-state index < -0.39 is 17.6 Å². The van der Waals surface area contributed by atoms with Gasteiger partial charge in [0.25, 0.3) is 11.5 Å². The number of ether oxygens (including phenoxy) is 1. The highest BCUT2D eigenvalue weighted by Crippen LogP contribution is 2.17. The summed E-state index contributed by atoms with van der Waals surface area (Å²) in [6, 6.07) is 8.65. The average molecular weight is 333 g/mol. The molecule has 0 unspecified atom stereocenters. The third kappa shape index (κ3) is 4.67. The van der Waals surface area contributed by atoms with Gasteiger partial charge in [-0.15, -0.1) is 0 Å². The highest BCUT2D eigenvalue weighted by atomic mass is 19.1. The van der Waals surface area contributed by atoms with Gasteiger partial charge in [-0.05, 0) is 23.8 Å². The molecule has 7 nitrogen and oxygen atoms in total. The minimum atomic E-state index is -0.574. The molecule has 0 atom stereocenters. The molecule has 0 aliphatic carbocycles. The molecule has 2 amide bonds. The largest absolute Gasteiger partial charge is 0.494 e. The summed E-state index contributed by atoms with van der Waals surface area (Å²) in [4.78, 5) is 34.9. The van der Waals surface area contributed by atoms with Gasteiger partial charge in [0, 0.05) is 12.3 Å². The van der Waals surface area contributed by atoms with E-state index in [0.717, 1.165) is 0 Å². The lowest BCUT2D eigenvalue weighted by Crippen LogP contribution is -2.44. The van der Waals surface area contributed by atoms with E-state index in [1.165, 1.54) is 36.1 Å². The van der Waals surface area contributed by atoms with E-state index in [2.05, 4.69) is 10.9 Å². The van der Waals surface area contributed by atoms with Crippen LogP contribution in [-0.2, 0) is 22.6 Å². The fraction of sp³-hybridized carbons (Fsp3) is 0.188. The van der Waals surface area contributed by atoms with Gasteiger partial charge in [-0.25, -0.2) is 4.39 Å². The molecule has 0 saturated carbocycles. The van der Waals surface area contributed by atoms with Gasteiger partial charge >= 0.3 is 0 Å². The lowest BCUT2D eigenvalue weighted by molar-refractivity contribution is -0.128. The summed E-state index contributed by atoms with van der Waals surface area (Å²) in [6.07, 6.45) is 1.34. The molecular formula is C16H16FN3O4. The minimum Gasteiger partial charge on any atom is -0.494 e. The summed E-state index contributed by atoms with van der Waals surface area (Å²) < 4.78 is 19.5. The number of pyridine rings is 1. The Morgan fingerprint density at radius 1 is 1.17 bits per heavy atom. The number of carbonyl (C=O) groups excluding carboxylic acids is 2. The van der Waals surface area contributed by atoms with Gasteiger partial charge in [-0.2, -0.15) is 0 Å². The molecule has 0 radical (unpaired) electrons. The molecule has 2 rings (SSSR count). The zero-order chi connectivity index (χ0) is 17.5. The lowest BCUT2D eigenvalue weighted by atomic mass is 10.1. The Hall–Kier alpha value is -3.16. The van der Waals surface area contributed by atoms with E-state index >= 15 is 0 Å². The van der Waals surface area contributed by atoms with Crippen LogP contribution >= 0.6 is 0 Å². The van der Waals surface area contributed by atoms with E-state index in [-0.39, 0.29) is 24.3 Å². The second-order valence-corrected chi connectivity index (χ2v) is 4.91. The number of rotatable bonds is 5. The zero-order valence-electron chi connectivity index (χ0n) is 12.9. The Balaban J connectivity index is 1.84. The molecule has 1 aromatic heterocycles. The Kier molecular flexibility index (Phi) is 5.67. The number of amides is 2. The van der Waals surface area contributed by atoms with E-state index in [9.17, 15) is 18.8 Å². The Morgan fingerprint density at radius 2 is 1.92 bits per heavy atom. The van der Waals surface area contributed by atoms with Crippen LogP contribution in [0.25, 0.3) is 0 Å². The van der Waals surface area contributed by atoms with Gasteiger partial charge in [-0.3, -0.25) is 25.2 Å². The van der Waals surface area contributed by atoms with Crippen molar-refractivity contribution in [3.63, 3.8) is 0 Å². The van der Waals surface area contributed by atoms with Crippen LogP contribution in [0.3, 0.4) is 0 Å². The van der Waals surface area contributed by atoms with Crippen LogP contribution < -0.4 is 21.1 Å². The number of hydrogen-bond donors (Lipinski definition) is 2. The maximum atomic E-state index is 13.5. The molecule has 0 aliphatic rings. The Morgan fingerprint density at radius 3 is 2.58 bits per heavy atom. The first-order chi connectivity index (χ1) is 11.5. The molecule has 0 aliphatic heterocycles. The van der Waals surface area contributed by atoms with Gasteiger partial charge in [-0.1, -0.05) is 12.1 Å². The van der Waals surface area contributed by atoms with Crippen molar-refractivity contribution in [2.45, 2.75) is 13.0 Å². The van der Waals surface area contributed by atoms with Crippen molar-refractivity contribution in [2.24, 2.45) is 0 Å². The summed E-state index contributed by atoms with van der Waals surface area (Å²) in [5.41, 5.74) is 4.51. The predicted molar refractivity (Wildman–Crippen MR) is 83.6 cm³/mol. The standard InChI is InChI=1S/C16H16FN3O4/c1-24-13-6-5-11(8-12(13)17)9-14(21)18-19-15(22)10-20-7-3-2-4-16(20)23/h2-8H,9-10H2,1H3,(H,18,21)(H,19,22). The SMILES string of the molecule is COc1ccc(CC(=O)NNC(=O)Cn2ccccc2=O)cc1F. The molecule has 1 heterocycles. The molecule has 2 N–H and O–H groups in total. The third-order valence-electron chi connectivity index (χ3n) is 3.14. The number of benzene rings is 1. The highest BCUT2D eigenvalue weighted by molar-refractivity contribution is 5.83. The first-order valence-corrected chi connectivity index (χ1v) is 7.05. The summed E-state index contributed by atoms with van der Waals surface area (Å²) in [7, 11) is 1.35. The second-order valence-electron chi connectivity index (χ2n) is 4.91. The highest BCUT2D eigenvalue weighted by Gasteiger charge is 2.09. The third-order valence-corrected chi connectivity index (χ3v) is 3.14. The smallest absolute Gasteiger partial charge is 0.258 e. The van der Waals surface area contributed by atoms with Gasteiger partial charge in [0.2, 0.25) is 5.91 Å². The number of methoxy groups -OCH3 is 1. The van der Waals surface area contributed by atoms with E-state index in [1.54, 1.807) is 18.2 Å². The molecule has 1 aromatic carbocycles. The second kappa shape index (κ2) is 7.91. The van der Waals surface area contributed by atoms with Crippen molar-refractivity contribution < 1.29 is 18.7 Å². The molecule has 126 valence electrons. The maximum absolute atomic E-state index is 13.5. The van der Waals surface area contributed by atoms with Crippen LogP contribution in [-0.4, -0.2) is 23.5 Å². The number of nitrogens with zero attached hydrogens (tertiary/aromatic N) is 1. The van der Waals surface area contributed by atoms with E-state index in [1.807, 2.05) is 0 Å². The van der Waals surface area contributed by atoms with Crippen molar-refractivity contribution in [1.82, 2.24) is 15.4 Å². The molecule has 0 saturated heterocycles. The molecule has 0 spiro atoms. The predicted octanol–water partition coefficient (Wildman–Crippen LogP) is 0.386. The van der Waals surface area contributed by atoms with Crippen molar-refractivity contribution in [2.75, 3.05) is 7.11 Å². The normalized spacial score (nSPS) is 10.1. The topological polar surface area (TPSA) is 89.4 Å². The summed E-state index contributed by atoms with van der Waals surface area (Å²) in [5.74, 6) is -1.57. The number of hydrazine groups is 1. The van der Waals surface area contributed by atoms with Gasteiger partial charge in [0.15, 0.2) is 11.6 Å². The van der Waals surface area contributed by atoms with Crippen LogP contribution in [0.15, 0.2) is 47.4 Å². The summed E-state index contributed by atoms with van der Waals surface area (Å²) >= 11 is 0. The van der Waals surface area contributed by atoms with E-state index in [4.69, 9.17) is 4.74 Å². The quantitative estimate of drug-likeness (QED) is 0.775. The summed E-state index contributed by atoms with van der Waals surface area (Å²) in [6.45, 7) is -0.225. The Bertz CT molecular complexity index is 804. The van der Waals surface area contributed by atoms with Crippen molar-refractivity contribution >= 4 is 11.8 Å². The van der Waals surface area contributed by atoms with Gasteiger partial charge < -0.3 is 9.30 Å². The number of carbonyl (C=O) groups is 2. The first kappa shape index (κ1) is 17.2. The number of nitrogens with one attached hydrogen (secondary N) is 2. The molecule has 2 aromatic rings. The zero-order valence-corrected chi connectivity index (χ0v) is 12.9. The molecule has 8 heteroatoms. The molecule has 24 heavy (non-hydrogen) atoms. The van der Waals surface area contributed by atoms with Crippen LogP contribution in [0.5, 0.6) is 5.75 Å². The van der Waals surface area contributed by atoms with Gasteiger partial charge in [0.05, 0.1) is 13.5 Å². The lowest BCUT2D eigenvalue weighted by Gasteiger charge is -2.09. The summed E-state index contributed by atoms with van der Waals surface area (Å²) in [5, 5.41) is 0. The minimum absolute atomic E-state index is 0.0840. The van der Waals surface area contributed by atoms with Crippen molar-refractivity contribution in [1.29, 1.82) is 0 Å². The number of halogens is 1. The molecular weight excluding hydrogens is 317 g/mol.